The first-order chi connectivity index (χ1) is 10.4. The van der Waals surface area contributed by atoms with E-state index in [9.17, 15) is 0 Å². The van der Waals surface area contributed by atoms with E-state index in [4.69, 9.17) is 17.3 Å². The number of halogens is 1. The summed E-state index contributed by atoms with van der Waals surface area (Å²) in [6, 6.07) is 17.4. The van der Waals surface area contributed by atoms with E-state index in [1.807, 2.05) is 12.1 Å². The first kappa shape index (κ1) is 17.8. The van der Waals surface area contributed by atoms with E-state index in [1.54, 1.807) is 3.58 Å². The summed E-state index contributed by atoms with van der Waals surface area (Å²) in [4.78, 5) is 7.39. The average Bonchev–Trinajstić information content (AvgIpc) is 2.48. The van der Waals surface area contributed by atoms with E-state index in [0.29, 0.717) is 5.92 Å². The Bertz CT molecular complexity index is 602. The fourth-order valence-corrected chi connectivity index (χ4v) is 6.29. The SMILES string of the molecule is [CH3][Sn]([CH3])([CH3])[c]1cccc(C(CCN)Cc2ccc(Cl)cc2)c1. The number of rotatable bonds is 6. The Hall–Kier alpha value is -0.511. The van der Waals surface area contributed by atoms with Crippen molar-refractivity contribution in [2.75, 3.05) is 6.54 Å². The summed E-state index contributed by atoms with van der Waals surface area (Å²) in [5.74, 6) is 0.486. The molecule has 1 atom stereocenters. The zero-order valence-corrected chi connectivity index (χ0v) is 17.4. The predicted molar refractivity (Wildman–Crippen MR) is 101 cm³/mol. The van der Waals surface area contributed by atoms with Gasteiger partial charge in [0.15, 0.2) is 0 Å². The molecule has 2 aromatic rings. The monoisotopic (exact) mass is 423 g/mol. The van der Waals surface area contributed by atoms with Crippen LogP contribution in [0, 0.1) is 0 Å². The second-order valence-corrected chi connectivity index (χ2v) is 21.9. The van der Waals surface area contributed by atoms with Crippen LogP contribution in [-0.4, -0.2) is 24.9 Å². The molecule has 2 N–H and O–H groups in total. The zero-order valence-electron chi connectivity index (χ0n) is 13.8. The summed E-state index contributed by atoms with van der Waals surface area (Å²) in [5, 5.41) is 0.794. The van der Waals surface area contributed by atoms with Crippen molar-refractivity contribution >= 4 is 33.6 Å². The predicted octanol–water partition coefficient (Wildman–Crippen LogP) is 4.56. The Labute approximate surface area is 143 Å². The van der Waals surface area contributed by atoms with Gasteiger partial charge in [-0.1, -0.05) is 0 Å². The van der Waals surface area contributed by atoms with Crippen molar-refractivity contribution in [3.05, 3.63) is 64.7 Å². The van der Waals surface area contributed by atoms with Crippen LogP contribution in [0.4, 0.5) is 0 Å². The second-order valence-electron chi connectivity index (χ2n) is 6.98. The summed E-state index contributed by atoms with van der Waals surface area (Å²) in [7, 11) is 0. The van der Waals surface area contributed by atoms with Crippen molar-refractivity contribution in [2.45, 2.75) is 33.6 Å². The molecule has 2 aromatic carbocycles. The first-order valence-corrected chi connectivity index (χ1v) is 18.3. The molecular formula is C19H26ClNSn. The van der Waals surface area contributed by atoms with E-state index >= 15 is 0 Å². The van der Waals surface area contributed by atoms with Crippen molar-refractivity contribution in [3.63, 3.8) is 0 Å². The Morgan fingerprint density at radius 2 is 1.73 bits per heavy atom. The molecule has 0 saturated heterocycles. The van der Waals surface area contributed by atoms with Crippen LogP contribution in [0.5, 0.6) is 0 Å². The molecule has 0 aliphatic heterocycles. The van der Waals surface area contributed by atoms with Crippen molar-refractivity contribution < 1.29 is 0 Å². The Balaban J connectivity index is 2.25. The van der Waals surface area contributed by atoms with Crippen LogP contribution in [0.2, 0.25) is 19.8 Å². The third kappa shape index (κ3) is 5.00. The molecule has 1 unspecified atom stereocenters. The van der Waals surface area contributed by atoms with Gasteiger partial charge in [-0.05, 0) is 0 Å². The number of benzene rings is 2. The average molecular weight is 423 g/mol. The fourth-order valence-electron chi connectivity index (χ4n) is 2.75. The second kappa shape index (κ2) is 7.85. The molecule has 22 heavy (non-hydrogen) atoms. The maximum atomic E-state index is 5.98. The molecule has 0 saturated carbocycles. The Morgan fingerprint density at radius 1 is 1.05 bits per heavy atom. The van der Waals surface area contributed by atoms with Gasteiger partial charge in [0, 0.05) is 0 Å². The van der Waals surface area contributed by atoms with E-state index in [1.165, 1.54) is 11.1 Å². The van der Waals surface area contributed by atoms with Gasteiger partial charge in [-0.2, -0.15) is 0 Å². The van der Waals surface area contributed by atoms with Crippen molar-refractivity contribution in [1.29, 1.82) is 0 Å². The summed E-state index contributed by atoms with van der Waals surface area (Å²) < 4.78 is 1.59. The Morgan fingerprint density at radius 3 is 2.32 bits per heavy atom. The molecule has 1 nitrogen and oxygen atoms in total. The normalized spacial score (nSPS) is 13.1. The number of hydrogen-bond donors (Lipinski definition) is 1. The van der Waals surface area contributed by atoms with Crippen molar-refractivity contribution in [2.24, 2.45) is 5.73 Å². The first-order valence-electron chi connectivity index (χ1n) is 7.95. The summed E-state index contributed by atoms with van der Waals surface area (Å²) in [5.41, 5.74) is 8.62. The summed E-state index contributed by atoms with van der Waals surface area (Å²) in [6.07, 6.45) is 2.04. The van der Waals surface area contributed by atoms with Crippen LogP contribution in [0.25, 0.3) is 0 Å². The minimum atomic E-state index is -2.03. The maximum absolute atomic E-state index is 5.98. The molecule has 0 aliphatic carbocycles. The van der Waals surface area contributed by atoms with Gasteiger partial charge in [0.25, 0.3) is 0 Å². The van der Waals surface area contributed by atoms with Gasteiger partial charge in [-0.15, -0.1) is 0 Å². The molecule has 0 aromatic heterocycles. The number of hydrogen-bond acceptors (Lipinski definition) is 1. The molecule has 0 aliphatic rings. The van der Waals surface area contributed by atoms with Crippen LogP contribution in [0.1, 0.15) is 23.5 Å². The molecule has 0 bridgehead atoms. The third-order valence-corrected chi connectivity index (χ3v) is 10.2. The summed E-state index contributed by atoms with van der Waals surface area (Å²) >= 11 is 3.96. The molecule has 0 radical (unpaired) electrons. The van der Waals surface area contributed by atoms with Gasteiger partial charge in [0.1, 0.15) is 0 Å². The molecule has 0 heterocycles. The molecule has 0 fully saturated rings. The van der Waals surface area contributed by atoms with Crippen molar-refractivity contribution in [3.8, 4) is 0 Å². The molecule has 3 heteroatoms. The summed E-state index contributed by atoms with van der Waals surface area (Å²) in [6.45, 7) is 0.723. The van der Waals surface area contributed by atoms with Crippen LogP contribution < -0.4 is 9.31 Å². The molecule has 2 rings (SSSR count). The quantitative estimate of drug-likeness (QED) is 0.679. The fraction of sp³-hybridized carbons (Fsp3) is 0.368. The Kier molecular flexibility index (Phi) is 6.36. The van der Waals surface area contributed by atoms with E-state index in [2.05, 4.69) is 51.2 Å². The molecule has 0 amide bonds. The van der Waals surface area contributed by atoms with E-state index < -0.39 is 18.4 Å². The van der Waals surface area contributed by atoms with Crippen LogP contribution >= 0.6 is 11.6 Å². The van der Waals surface area contributed by atoms with Crippen LogP contribution in [-0.2, 0) is 6.42 Å². The van der Waals surface area contributed by atoms with Gasteiger partial charge in [-0.3, -0.25) is 0 Å². The van der Waals surface area contributed by atoms with Crippen molar-refractivity contribution in [1.82, 2.24) is 0 Å². The van der Waals surface area contributed by atoms with Crippen LogP contribution in [0.3, 0.4) is 0 Å². The van der Waals surface area contributed by atoms with Crippen LogP contribution in [0.15, 0.2) is 48.5 Å². The molecule has 0 spiro atoms. The standard InChI is InChI=1S/C16H17ClN.3CH3.Sn/c17-16-8-6-13(7-9-16)12-15(10-11-18)14-4-2-1-3-5-14;;;;/h1-2,4-9,15H,10-12,18H2;3*1H3;. The molecular weight excluding hydrogens is 396 g/mol. The third-order valence-electron chi connectivity index (χ3n) is 4.13. The van der Waals surface area contributed by atoms with Gasteiger partial charge in [-0.25, -0.2) is 0 Å². The number of nitrogens with two attached hydrogens (primary N) is 1. The van der Waals surface area contributed by atoms with Gasteiger partial charge in [0.2, 0.25) is 0 Å². The zero-order chi connectivity index (χ0) is 16.2. The topological polar surface area (TPSA) is 26.0 Å². The van der Waals surface area contributed by atoms with Gasteiger partial charge >= 0.3 is 144 Å². The van der Waals surface area contributed by atoms with E-state index in [-0.39, 0.29) is 0 Å². The van der Waals surface area contributed by atoms with Gasteiger partial charge < -0.3 is 0 Å². The minimum absolute atomic E-state index is 0.486. The molecule has 118 valence electrons. The van der Waals surface area contributed by atoms with Gasteiger partial charge in [0.05, 0.1) is 0 Å². The van der Waals surface area contributed by atoms with E-state index in [0.717, 1.165) is 24.4 Å².